The van der Waals surface area contributed by atoms with E-state index in [1.165, 1.54) is 0 Å². The smallest absolute Gasteiger partial charge is 0.226 e. The molecule has 2 N–H and O–H groups in total. The quantitative estimate of drug-likeness (QED) is 0.771. The van der Waals surface area contributed by atoms with E-state index in [1.54, 1.807) is 0 Å². The molecule has 1 amide bonds. The molecule has 2 aliphatic heterocycles. The van der Waals surface area contributed by atoms with Gasteiger partial charge in [-0.1, -0.05) is 43.3 Å². The number of benzene rings is 2. The molecule has 1 atom stereocenters. The van der Waals surface area contributed by atoms with E-state index in [-0.39, 0.29) is 5.91 Å². The molecule has 1 fully saturated rings. The maximum Gasteiger partial charge on any atom is 0.226 e. The fourth-order valence-electron chi connectivity index (χ4n) is 5.09. The van der Waals surface area contributed by atoms with Crippen molar-refractivity contribution in [3.8, 4) is 0 Å². The summed E-state index contributed by atoms with van der Waals surface area (Å²) in [5, 5.41) is 22.1. The number of likely N-dealkylation sites (tertiary alicyclic amines) is 1. The number of rotatable bonds is 5. The van der Waals surface area contributed by atoms with Crippen molar-refractivity contribution in [1.82, 2.24) is 4.90 Å². The van der Waals surface area contributed by atoms with Gasteiger partial charge in [0.1, 0.15) is 0 Å². The van der Waals surface area contributed by atoms with Crippen LogP contribution >= 0.6 is 0 Å². The molecule has 5 heteroatoms. The normalized spacial score (nSPS) is 19.7. The Labute approximate surface area is 185 Å². The fraction of sp³-hybridized carbons (Fsp3) is 0.500. The zero-order valence-electron chi connectivity index (χ0n) is 18.7. The van der Waals surface area contributed by atoms with Crippen LogP contribution in [0.3, 0.4) is 0 Å². The highest BCUT2D eigenvalue weighted by molar-refractivity contribution is 5.94. The molecule has 0 saturated carbocycles. The number of aliphatic hydroxyl groups excluding tert-OH is 1. The van der Waals surface area contributed by atoms with E-state index < -0.39 is 11.7 Å². The molecular formula is C26H34N2O3. The molecule has 2 aromatic rings. The molecular weight excluding hydrogens is 388 g/mol. The third kappa shape index (κ3) is 4.54. The Morgan fingerprint density at radius 2 is 1.87 bits per heavy atom. The van der Waals surface area contributed by atoms with Crippen molar-refractivity contribution in [2.75, 3.05) is 31.1 Å². The number of aliphatic hydroxyl groups is 2. The number of hydrogen-bond donors (Lipinski definition) is 2. The number of anilines is 1. The van der Waals surface area contributed by atoms with Crippen LogP contribution in [0.4, 0.5) is 5.69 Å². The molecule has 2 heterocycles. The number of fused-ring (bicyclic) bond motifs is 1. The Morgan fingerprint density at radius 1 is 1.13 bits per heavy atom. The Morgan fingerprint density at radius 3 is 2.58 bits per heavy atom. The SMILES string of the molecule is CCC(=O)N1CCCc2cc([C@@H](O)CN3CCC(O)(c4ccccc4C)CC3)ccc21. The van der Waals surface area contributed by atoms with Crippen LogP contribution in [0.25, 0.3) is 0 Å². The van der Waals surface area contributed by atoms with Crippen molar-refractivity contribution >= 4 is 11.6 Å². The molecule has 0 radical (unpaired) electrons. The Kier molecular flexibility index (Phi) is 6.47. The van der Waals surface area contributed by atoms with Gasteiger partial charge in [-0.05, 0) is 60.9 Å². The standard InChI is InChI=1S/C26H34N2O3/c1-3-25(30)28-14-6-8-20-17-21(10-11-23(20)28)24(29)18-27-15-12-26(31,13-16-27)22-9-5-4-7-19(22)2/h4-5,7,9-11,17,24,29,31H,3,6,8,12-16,18H2,1-2H3/t24-/m0/s1. The van der Waals surface area contributed by atoms with Crippen LogP contribution in [-0.2, 0) is 16.8 Å². The molecule has 4 rings (SSSR count). The number of piperidine rings is 1. The molecule has 5 nitrogen and oxygen atoms in total. The molecule has 2 aliphatic rings. The predicted molar refractivity (Wildman–Crippen MR) is 123 cm³/mol. The van der Waals surface area contributed by atoms with Crippen molar-refractivity contribution in [3.63, 3.8) is 0 Å². The van der Waals surface area contributed by atoms with Gasteiger partial charge < -0.3 is 20.0 Å². The second-order valence-electron chi connectivity index (χ2n) is 9.05. The first-order valence-corrected chi connectivity index (χ1v) is 11.5. The average Bonchev–Trinajstić information content (AvgIpc) is 2.79. The number of nitrogens with zero attached hydrogens (tertiary/aromatic N) is 2. The number of amides is 1. The van der Waals surface area contributed by atoms with E-state index in [0.29, 0.717) is 25.8 Å². The third-order valence-corrected chi connectivity index (χ3v) is 6.97. The Hall–Kier alpha value is -2.21. The lowest BCUT2D eigenvalue weighted by molar-refractivity contribution is -0.118. The summed E-state index contributed by atoms with van der Waals surface area (Å²) in [5.41, 5.74) is 4.42. The summed E-state index contributed by atoms with van der Waals surface area (Å²) in [5.74, 6) is 0.156. The molecule has 0 unspecified atom stereocenters. The van der Waals surface area contributed by atoms with Crippen LogP contribution in [0.5, 0.6) is 0 Å². The van der Waals surface area contributed by atoms with Crippen molar-refractivity contribution in [3.05, 3.63) is 64.7 Å². The lowest BCUT2D eigenvalue weighted by atomic mass is 9.82. The first-order valence-electron chi connectivity index (χ1n) is 11.5. The van der Waals surface area contributed by atoms with Gasteiger partial charge >= 0.3 is 0 Å². The first-order chi connectivity index (χ1) is 14.9. The number of carbonyl (C=O) groups excluding carboxylic acids is 1. The zero-order valence-corrected chi connectivity index (χ0v) is 18.7. The monoisotopic (exact) mass is 422 g/mol. The molecule has 0 spiro atoms. The molecule has 0 aliphatic carbocycles. The van der Waals surface area contributed by atoms with Crippen LogP contribution < -0.4 is 4.90 Å². The van der Waals surface area contributed by atoms with Gasteiger partial charge in [0.2, 0.25) is 5.91 Å². The van der Waals surface area contributed by atoms with Gasteiger partial charge in [-0.25, -0.2) is 0 Å². The van der Waals surface area contributed by atoms with Crippen molar-refractivity contribution < 1.29 is 15.0 Å². The predicted octanol–water partition coefficient (Wildman–Crippen LogP) is 3.70. The van der Waals surface area contributed by atoms with Gasteiger partial charge in [-0.15, -0.1) is 0 Å². The number of β-amino-alcohol motifs (C(OH)–C–C–N with tert-alkyl or cyclic N) is 1. The lowest BCUT2D eigenvalue weighted by Gasteiger charge is -2.40. The van der Waals surface area contributed by atoms with Crippen molar-refractivity contribution in [1.29, 1.82) is 0 Å². The van der Waals surface area contributed by atoms with Gasteiger partial charge in [0.25, 0.3) is 0 Å². The second kappa shape index (κ2) is 9.11. The molecule has 2 aromatic carbocycles. The van der Waals surface area contributed by atoms with E-state index in [4.69, 9.17) is 0 Å². The minimum atomic E-state index is -0.784. The zero-order chi connectivity index (χ0) is 22.0. The second-order valence-corrected chi connectivity index (χ2v) is 9.05. The number of hydrogen-bond acceptors (Lipinski definition) is 4. The Bertz CT molecular complexity index is 934. The van der Waals surface area contributed by atoms with Gasteiger partial charge in [0, 0.05) is 38.3 Å². The van der Waals surface area contributed by atoms with Crippen LogP contribution in [0, 0.1) is 6.92 Å². The van der Waals surface area contributed by atoms with Crippen LogP contribution in [0.2, 0.25) is 0 Å². The van der Waals surface area contributed by atoms with Crippen molar-refractivity contribution in [2.45, 2.75) is 57.7 Å². The lowest BCUT2D eigenvalue weighted by Crippen LogP contribution is -2.44. The maximum absolute atomic E-state index is 12.2. The summed E-state index contributed by atoms with van der Waals surface area (Å²) < 4.78 is 0. The van der Waals surface area contributed by atoms with E-state index in [0.717, 1.165) is 60.4 Å². The summed E-state index contributed by atoms with van der Waals surface area (Å²) in [6.07, 6.45) is 3.17. The minimum Gasteiger partial charge on any atom is -0.387 e. The van der Waals surface area contributed by atoms with Crippen LogP contribution in [0.15, 0.2) is 42.5 Å². The largest absolute Gasteiger partial charge is 0.387 e. The van der Waals surface area contributed by atoms with Gasteiger partial charge in [-0.3, -0.25) is 4.79 Å². The summed E-state index contributed by atoms with van der Waals surface area (Å²) in [7, 11) is 0. The van der Waals surface area contributed by atoms with E-state index in [2.05, 4.69) is 24.0 Å². The van der Waals surface area contributed by atoms with E-state index in [1.807, 2.05) is 42.2 Å². The minimum absolute atomic E-state index is 0.156. The highest BCUT2D eigenvalue weighted by Gasteiger charge is 2.35. The molecule has 166 valence electrons. The molecule has 0 aromatic heterocycles. The maximum atomic E-state index is 12.2. The van der Waals surface area contributed by atoms with Crippen LogP contribution in [0.1, 0.15) is 61.0 Å². The summed E-state index contributed by atoms with van der Waals surface area (Å²) >= 11 is 0. The summed E-state index contributed by atoms with van der Waals surface area (Å²) in [6, 6.07) is 14.1. The van der Waals surface area contributed by atoms with Gasteiger partial charge in [0.05, 0.1) is 11.7 Å². The summed E-state index contributed by atoms with van der Waals surface area (Å²) in [4.78, 5) is 16.4. The number of carbonyl (C=O) groups is 1. The Balaban J connectivity index is 1.40. The van der Waals surface area contributed by atoms with Crippen LogP contribution in [-0.4, -0.2) is 47.2 Å². The fourth-order valence-corrected chi connectivity index (χ4v) is 5.09. The topological polar surface area (TPSA) is 64.0 Å². The molecule has 0 bridgehead atoms. The van der Waals surface area contributed by atoms with E-state index in [9.17, 15) is 15.0 Å². The first kappa shape index (κ1) is 22.0. The van der Waals surface area contributed by atoms with E-state index >= 15 is 0 Å². The van der Waals surface area contributed by atoms with Gasteiger partial charge in [-0.2, -0.15) is 0 Å². The summed E-state index contributed by atoms with van der Waals surface area (Å²) in [6.45, 7) is 6.79. The van der Waals surface area contributed by atoms with Crippen molar-refractivity contribution in [2.24, 2.45) is 0 Å². The molecule has 1 saturated heterocycles. The molecule has 31 heavy (non-hydrogen) atoms. The average molecular weight is 423 g/mol. The third-order valence-electron chi connectivity index (χ3n) is 6.97. The number of aryl methyl sites for hydroxylation is 2. The highest BCUT2D eigenvalue weighted by Crippen LogP contribution is 2.35. The highest BCUT2D eigenvalue weighted by atomic mass is 16.3. The van der Waals surface area contributed by atoms with Gasteiger partial charge in [0.15, 0.2) is 0 Å².